The average Bonchev–Trinajstić information content (AvgIpc) is 2.28. The third-order valence-electron chi connectivity index (χ3n) is 2.39. The van der Waals surface area contributed by atoms with Crippen molar-refractivity contribution in [1.82, 2.24) is 5.32 Å². The zero-order valence-electron chi connectivity index (χ0n) is 10.0. The molecule has 96 valence electrons. The number of aliphatic hydroxyl groups is 1. The zero-order chi connectivity index (χ0) is 12.8. The molecule has 0 radical (unpaired) electrons. The van der Waals surface area contributed by atoms with Gasteiger partial charge in [0.2, 0.25) is 0 Å². The molecule has 0 aliphatic rings. The van der Waals surface area contributed by atoms with Crippen molar-refractivity contribution in [1.29, 1.82) is 0 Å². The number of phenols is 1. The van der Waals surface area contributed by atoms with Gasteiger partial charge in [-0.15, -0.1) is 0 Å². The lowest BCUT2D eigenvalue weighted by atomic mass is 10.2. The summed E-state index contributed by atoms with van der Waals surface area (Å²) in [6, 6.07) is 3.25. The molecular weight excluding hydrogens is 242 g/mol. The van der Waals surface area contributed by atoms with Gasteiger partial charge in [-0.05, 0) is 26.0 Å². The summed E-state index contributed by atoms with van der Waals surface area (Å²) in [7, 11) is 1.48. The third kappa shape index (κ3) is 4.42. The van der Waals surface area contributed by atoms with Crippen LogP contribution in [0.5, 0.6) is 11.5 Å². The van der Waals surface area contributed by atoms with Crippen LogP contribution in [0.15, 0.2) is 12.1 Å². The molecule has 5 heteroatoms. The molecule has 0 saturated carbocycles. The van der Waals surface area contributed by atoms with E-state index in [1.165, 1.54) is 7.11 Å². The molecule has 0 saturated heterocycles. The van der Waals surface area contributed by atoms with Crippen LogP contribution in [0.2, 0.25) is 5.02 Å². The van der Waals surface area contributed by atoms with E-state index < -0.39 is 0 Å². The Morgan fingerprint density at radius 2 is 2.18 bits per heavy atom. The minimum Gasteiger partial charge on any atom is -0.504 e. The van der Waals surface area contributed by atoms with Crippen LogP contribution in [0, 0.1) is 0 Å². The minimum atomic E-state index is -0.329. The van der Waals surface area contributed by atoms with Gasteiger partial charge in [-0.25, -0.2) is 0 Å². The molecular formula is C12H18ClNO3. The number of aliphatic hydroxyl groups excluding tert-OH is 1. The maximum Gasteiger partial charge on any atom is 0.162 e. The predicted molar refractivity (Wildman–Crippen MR) is 67.7 cm³/mol. The Balaban J connectivity index is 2.61. The summed E-state index contributed by atoms with van der Waals surface area (Å²) in [4.78, 5) is 0. The molecule has 1 aromatic carbocycles. The number of halogens is 1. The number of nitrogens with one attached hydrogen (secondary N) is 1. The molecule has 0 fully saturated rings. The van der Waals surface area contributed by atoms with Crippen LogP contribution in [0.4, 0.5) is 0 Å². The van der Waals surface area contributed by atoms with E-state index in [-0.39, 0.29) is 11.9 Å². The number of phenolic OH excluding ortho intramolecular Hbond substituents is 1. The summed E-state index contributed by atoms with van der Waals surface area (Å²) in [5.41, 5.74) is 0.681. The van der Waals surface area contributed by atoms with Crippen molar-refractivity contribution in [3.63, 3.8) is 0 Å². The number of rotatable bonds is 6. The van der Waals surface area contributed by atoms with E-state index in [4.69, 9.17) is 21.4 Å². The predicted octanol–water partition coefficient (Wildman–Crippen LogP) is 1.91. The van der Waals surface area contributed by atoms with Gasteiger partial charge in [-0.2, -0.15) is 0 Å². The second kappa shape index (κ2) is 6.69. The SMILES string of the molecule is COc1cc(Cl)cc(CNCCC(C)O)c1O. The molecule has 0 aromatic heterocycles. The van der Waals surface area contributed by atoms with Crippen molar-refractivity contribution in [2.45, 2.75) is 26.0 Å². The zero-order valence-corrected chi connectivity index (χ0v) is 10.8. The van der Waals surface area contributed by atoms with Gasteiger partial charge in [-0.1, -0.05) is 11.6 Å². The Bertz CT molecular complexity index is 369. The Morgan fingerprint density at radius 1 is 1.47 bits per heavy atom. The topological polar surface area (TPSA) is 61.7 Å². The Morgan fingerprint density at radius 3 is 2.76 bits per heavy atom. The Hall–Kier alpha value is -0.970. The Labute approximate surface area is 106 Å². The summed E-state index contributed by atoms with van der Waals surface area (Å²) in [6.07, 6.45) is 0.336. The molecule has 0 aliphatic heterocycles. The summed E-state index contributed by atoms with van der Waals surface area (Å²) in [5.74, 6) is 0.464. The normalized spacial score (nSPS) is 12.5. The highest BCUT2D eigenvalue weighted by atomic mass is 35.5. The lowest BCUT2D eigenvalue weighted by Crippen LogP contribution is -2.18. The van der Waals surface area contributed by atoms with Crippen LogP contribution >= 0.6 is 11.6 Å². The Kier molecular flexibility index (Phi) is 5.55. The summed E-state index contributed by atoms with van der Waals surface area (Å²) in [5, 5.41) is 22.6. The van der Waals surface area contributed by atoms with Crippen molar-refractivity contribution in [2.24, 2.45) is 0 Å². The smallest absolute Gasteiger partial charge is 0.162 e. The van der Waals surface area contributed by atoms with Crippen LogP contribution in [0.1, 0.15) is 18.9 Å². The first-order valence-electron chi connectivity index (χ1n) is 5.48. The molecule has 0 amide bonds. The van der Waals surface area contributed by atoms with Crippen LogP contribution in [-0.2, 0) is 6.54 Å². The fraction of sp³-hybridized carbons (Fsp3) is 0.500. The van der Waals surface area contributed by atoms with Crippen molar-refractivity contribution in [3.05, 3.63) is 22.7 Å². The molecule has 1 atom stereocenters. The monoisotopic (exact) mass is 259 g/mol. The molecule has 0 heterocycles. The number of hydrogen-bond donors (Lipinski definition) is 3. The first-order valence-corrected chi connectivity index (χ1v) is 5.86. The van der Waals surface area contributed by atoms with E-state index in [1.807, 2.05) is 0 Å². The van der Waals surface area contributed by atoms with Gasteiger partial charge in [-0.3, -0.25) is 0 Å². The largest absolute Gasteiger partial charge is 0.504 e. The molecule has 1 aromatic rings. The van der Waals surface area contributed by atoms with Crippen LogP contribution < -0.4 is 10.1 Å². The van der Waals surface area contributed by atoms with Gasteiger partial charge in [0.1, 0.15) is 0 Å². The van der Waals surface area contributed by atoms with Gasteiger partial charge in [0.25, 0.3) is 0 Å². The number of methoxy groups -OCH3 is 1. The highest BCUT2D eigenvalue weighted by Crippen LogP contribution is 2.33. The number of aromatic hydroxyl groups is 1. The first kappa shape index (κ1) is 14.1. The summed E-state index contributed by atoms with van der Waals surface area (Å²) in [6.45, 7) is 2.89. The van der Waals surface area contributed by atoms with Gasteiger partial charge in [0, 0.05) is 23.2 Å². The number of benzene rings is 1. The van der Waals surface area contributed by atoms with Crippen molar-refractivity contribution in [2.75, 3.05) is 13.7 Å². The van der Waals surface area contributed by atoms with Crippen LogP contribution in [-0.4, -0.2) is 30.0 Å². The minimum absolute atomic E-state index is 0.0986. The van der Waals surface area contributed by atoms with Crippen molar-refractivity contribution < 1.29 is 14.9 Å². The molecule has 1 unspecified atom stereocenters. The maximum atomic E-state index is 9.85. The van der Waals surface area contributed by atoms with E-state index in [2.05, 4.69) is 5.32 Å². The van der Waals surface area contributed by atoms with Crippen molar-refractivity contribution >= 4 is 11.6 Å². The molecule has 0 aliphatic carbocycles. The molecule has 0 bridgehead atoms. The maximum absolute atomic E-state index is 9.85. The molecule has 1 rings (SSSR count). The van der Waals surface area contributed by atoms with E-state index in [1.54, 1.807) is 19.1 Å². The number of ether oxygens (including phenoxy) is 1. The van der Waals surface area contributed by atoms with E-state index in [0.29, 0.717) is 35.8 Å². The third-order valence-corrected chi connectivity index (χ3v) is 2.61. The first-order chi connectivity index (χ1) is 8.04. The second-order valence-corrected chi connectivity index (χ2v) is 4.37. The molecule has 0 spiro atoms. The highest BCUT2D eigenvalue weighted by molar-refractivity contribution is 6.30. The quantitative estimate of drug-likeness (QED) is 0.683. The van der Waals surface area contributed by atoms with E-state index >= 15 is 0 Å². The standard InChI is InChI=1S/C12H18ClNO3/c1-8(15)3-4-14-7-9-5-10(13)6-11(17-2)12(9)16/h5-6,8,14-16H,3-4,7H2,1-2H3. The fourth-order valence-corrected chi connectivity index (χ4v) is 1.68. The summed E-state index contributed by atoms with van der Waals surface area (Å²) >= 11 is 5.91. The average molecular weight is 260 g/mol. The fourth-order valence-electron chi connectivity index (χ4n) is 1.45. The lowest BCUT2D eigenvalue weighted by Gasteiger charge is -2.11. The molecule has 17 heavy (non-hydrogen) atoms. The molecule has 4 nitrogen and oxygen atoms in total. The lowest BCUT2D eigenvalue weighted by molar-refractivity contribution is 0.183. The van der Waals surface area contributed by atoms with E-state index in [0.717, 1.165) is 0 Å². The van der Waals surface area contributed by atoms with Crippen LogP contribution in [0.3, 0.4) is 0 Å². The van der Waals surface area contributed by atoms with Gasteiger partial charge < -0.3 is 20.3 Å². The van der Waals surface area contributed by atoms with Crippen molar-refractivity contribution in [3.8, 4) is 11.5 Å². The van der Waals surface area contributed by atoms with E-state index in [9.17, 15) is 5.11 Å². The summed E-state index contributed by atoms with van der Waals surface area (Å²) < 4.78 is 5.01. The number of hydrogen-bond acceptors (Lipinski definition) is 4. The van der Waals surface area contributed by atoms with Crippen LogP contribution in [0.25, 0.3) is 0 Å². The highest BCUT2D eigenvalue weighted by Gasteiger charge is 2.09. The van der Waals surface area contributed by atoms with Gasteiger partial charge in [0.15, 0.2) is 11.5 Å². The molecule has 3 N–H and O–H groups in total. The van der Waals surface area contributed by atoms with Gasteiger partial charge >= 0.3 is 0 Å². The second-order valence-electron chi connectivity index (χ2n) is 3.93. The van der Waals surface area contributed by atoms with Gasteiger partial charge in [0.05, 0.1) is 13.2 Å².